The van der Waals surface area contributed by atoms with Gasteiger partial charge in [-0.25, -0.2) is 0 Å². The maximum absolute atomic E-state index is 13.6. The molecular weight excluding hydrogens is 1130 g/mol. The van der Waals surface area contributed by atoms with Gasteiger partial charge in [0.2, 0.25) is 5.91 Å². The number of ether oxygens (including phenoxy) is 1. The highest BCUT2D eigenvalue weighted by molar-refractivity contribution is 7.45. The number of amides is 1. The van der Waals surface area contributed by atoms with Crippen LogP contribution in [0, 0.1) is 0 Å². The van der Waals surface area contributed by atoms with E-state index in [9.17, 15) is 19.0 Å². The Morgan fingerprint density at radius 3 is 1.07 bits per heavy atom. The lowest BCUT2D eigenvalue weighted by molar-refractivity contribution is -0.870. The van der Waals surface area contributed by atoms with Crippen molar-refractivity contribution < 1.29 is 37.3 Å². The number of nitrogens with zero attached hydrogens (tertiary/aromatic N) is 1. The quantitative estimate of drug-likeness (QED) is 0.0212. The molecule has 0 radical (unpaired) electrons. The van der Waals surface area contributed by atoms with E-state index < -0.39 is 26.6 Å². The van der Waals surface area contributed by atoms with E-state index in [1.54, 1.807) is 0 Å². The SMILES string of the molecule is CC/C=C\C/C=C\C/C=C\C/C=C\C/C=C\C/C=C\CCCCCCCCCCC(=O)OC(/C=C/CCCCCCCCCCCC)C(COP(=O)([O-])OCC[N+](C)(C)C)NC(=O)CCCCCCCC/C=C\C/C=C\C/C=C\C/C=C\C/C=C\C/C=C\CC. The Bertz CT molecular complexity index is 2100. The lowest BCUT2D eigenvalue weighted by Crippen LogP contribution is -2.47. The number of esters is 1. The Balaban J connectivity index is 5.13. The fourth-order valence-electron chi connectivity index (χ4n) is 9.71. The summed E-state index contributed by atoms with van der Waals surface area (Å²) < 4.78 is 30.4. The number of quaternary nitrogens is 1. The molecule has 10 heteroatoms. The van der Waals surface area contributed by atoms with Gasteiger partial charge in [-0.05, 0) is 134 Å². The summed E-state index contributed by atoms with van der Waals surface area (Å²) in [7, 11) is 1.15. The molecule has 0 aromatic carbocycles. The molecule has 1 N–H and O–H groups in total. The van der Waals surface area contributed by atoms with E-state index in [1.165, 1.54) is 77.0 Å². The number of phosphoric ester groups is 1. The second-order valence-corrected chi connectivity index (χ2v) is 26.4. The van der Waals surface area contributed by atoms with Crippen LogP contribution in [0.4, 0.5) is 0 Å². The maximum atomic E-state index is 13.6. The van der Waals surface area contributed by atoms with Crippen molar-refractivity contribution in [1.29, 1.82) is 0 Å². The zero-order valence-electron chi connectivity index (χ0n) is 58.5. The van der Waals surface area contributed by atoms with E-state index in [-0.39, 0.29) is 31.3 Å². The zero-order valence-corrected chi connectivity index (χ0v) is 59.4. The second-order valence-electron chi connectivity index (χ2n) is 25.0. The lowest BCUT2D eigenvalue weighted by Gasteiger charge is -2.30. The van der Waals surface area contributed by atoms with Gasteiger partial charge in [0, 0.05) is 12.8 Å². The Hall–Kier alpha value is -4.37. The molecule has 0 fully saturated rings. The molecule has 0 aliphatic rings. The van der Waals surface area contributed by atoms with E-state index in [0.717, 1.165) is 161 Å². The topological polar surface area (TPSA) is 114 Å². The number of hydrogen-bond donors (Lipinski definition) is 1. The van der Waals surface area contributed by atoms with Crippen LogP contribution in [0.3, 0.4) is 0 Å². The number of allylic oxidation sites excluding steroid dienone is 25. The Morgan fingerprint density at radius 1 is 0.400 bits per heavy atom. The van der Waals surface area contributed by atoms with Crippen LogP contribution in [0.25, 0.3) is 0 Å². The Labute approximate surface area is 554 Å². The van der Waals surface area contributed by atoms with Gasteiger partial charge in [0.05, 0.1) is 33.8 Å². The number of likely N-dealkylation sites (N-methyl/N-ethyl adjacent to an activating group) is 1. The first kappa shape index (κ1) is 85.6. The fourth-order valence-corrected chi connectivity index (χ4v) is 10.4. The molecule has 0 aliphatic carbocycles. The smallest absolute Gasteiger partial charge is 0.306 e. The number of hydrogen-bond acceptors (Lipinski definition) is 7. The second kappa shape index (κ2) is 67.5. The van der Waals surface area contributed by atoms with Crippen molar-refractivity contribution in [3.05, 3.63) is 158 Å². The van der Waals surface area contributed by atoms with Crippen LogP contribution in [0.15, 0.2) is 158 Å². The molecule has 0 saturated heterocycles. The minimum atomic E-state index is -4.72. The number of rotatable bonds is 64. The van der Waals surface area contributed by atoms with Gasteiger partial charge in [-0.3, -0.25) is 14.2 Å². The first-order valence-electron chi connectivity index (χ1n) is 36.3. The molecule has 0 saturated carbocycles. The average Bonchev–Trinajstić information content (AvgIpc) is 3.12. The van der Waals surface area contributed by atoms with Crippen LogP contribution >= 0.6 is 7.82 Å². The summed E-state index contributed by atoms with van der Waals surface area (Å²) >= 11 is 0. The van der Waals surface area contributed by atoms with Crippen LogP contribution in [-0.2, 0) is 27.9 Å². The highest BCUT2D eigenvalue weighted by atomic mass is 31.2. The number of unbranched alkanes of at least 4 members (excludes halogenated alkanes) is 24. The molecule has 0 rings (SSSR count). The normalized spacial score (nSPS) is 14.4. The average molecular weight is 1270 g/mol. The summed E-state index contributed by atoms with van der Waals surface area (Å²) in [4.78, 5) is 40.2. The van der Waals surface area contributed by atoms with E-state index in [4.69, 9.17) is 13.8 Å². The van der Waals surface area contributed by atoms with Gasteiger partial charge < -0.3 is 28.5 Å². The summed E-state index contributed by atoms with van der Waals surface area (Å²) in [5.41, 5.74) is 0. The number of nitrogens with one attached hydrogen (secondary N) is 1. The first-order valence-corrected chi connectivity index (χ1v) is 37.8. The van der Waals surface area contributed by atoms with Crippen molar-refractivity contribution in [1.82, 2.24) is 5.32 Å². The van der Waals surface area contributed by atoms with E-state index in [1.807, 2.05) is 33.3 Å². The van der Waals surface area contributed by atoms with Crippen LogP contribution in [0.5, 0.6) is 0 Å². The summed E-state index contributed by atoms with van der Waals surface area (Å²) in [5.74, 6) is -0.576. The number of phosphoric acid groups is 1. The van der Waals surface area contributed by atoms with Gasteiger partial charge in [0.25, 0.3) is 7.82 Å². The highest BCUT2D eigenvalue weighted by Gasteiger charge is 2.27. The molecule has 90 heavy (non-hydrogen) atoms. The van der Waals surface area contributed by atoms with Crippen LogP contribution in [0.2, 0.25) is 0 Å². The van der Waals surface area contributed by atoms with E-state index >= 15 is 0 Å². The van der Waals surface area contributed by atoms with Gasteiger partial charge in [0.1, 0.15) is 19.3 Å². The molecule has 3 atom stereocenters. The van der Waals surface area contributed by atoms with Gasteiger partial charge in [-0.15, -0.1) is 0 Å². The van der Waals surface area contributed by atoms with Crippen molar-refractivity contribution in [3.63, 3.8) is 0 Å². The van der Waals surface area contributed by atoms with Crippen LogP contribution < -0.4 is 10.2 Å². The molecule has 512 valence electrons. The maximum Gasteiger partial charge on any atom is 0.306 e. The third-order valence-corrected chi connectivity index (χ3v) is 16.2. The van der Waals surface area contributed by atoms with Crippen molar-refractivity contribution >= 4 is 19.7 Å². The monoisotopic (exact) mass is 1270 g/mol. The molecule has 0 bridgehead atoms. The van der Waals surface area contributed by atoms with Gasteiger partial charge >= 0.3 is 5.97 Å². The molecule has 0 heterocycles. The summed E-state index contributed by atoms with van der Waals surface area (Å²) in [6.45, 7) is 6.59. The van der Waals surface area contributed by atoms with Gasteiger partial charge in [0.15, 0.2) is 0 Å². The number of carbonyl (C=O) groups is 2. The van der Waals surface area contributed by atoms with E-state index in [2.05, 4.69) is 172 Å². The predicted molar refractivity (Wildman–Crippen MR) is 389 cm³/mol. The Morgan fingerprint density at radius 2 is 0.711 bits per heavy atom. The first-order chi connectivity index (χ1) is 43.9. The molecule has 0 aromatic heterocycles. The standard InChI is InChI=1S/C80H135N2O7P/c1-7-10-13-16-19-22-25-28-30-32-34-36-38-40-41-43-45-47-49-51-53-55-58-61-64-67-70-73-80(84)89-78(71-68-65-62-59-56-27-24-21-18-15-12-9-3)77(76-88-90(85,86)87-75-74-82(4,5)6)81-79(83)72-69-66-63-60-57-54-52-50-48-46-44-42-39-37-35-33-31-29-26-23-20-17-14-11-8-2/h10-11,13-14,19-20,22-23,28-31,34-37,40-42,44-45,47-48,50,68,71,77-78H,7-9,12,15-18,21,24-27,32-33,38-39,43,46,49,51-67,69-70,72-76H2,1-6H3,(H-,81,83,85,86)/b13-10-,14-11-,22-19-,23-20-,30-28-,31-29-,36-34-,37-35-,41-40-,44-42-,47-45-,50-48-,71-68+. The minimum Gasteiger partial charge on any atom is -0.756 e. The molecular formula is C80H135N2O7P. The predicted octanol–water partition coefficient (Wildman–Crippen LogP) is 22.9. The largest absolute Gasteiger partial charge is 0.756 e. The van der Waals surface area contributed by atoms with Crippen LogP contribution in [-0.4, -0.2) is 69.4 Å². The van der Waals surface area contributed by atoms with Crippen molar-refractivity contribution in [2.24, 2.45) is 0 Å². The molecule has 0 aromatic rings. The fraction of sp³-hybridized carbons (Fsp3) is 0.650. The zero-order chi connectivity index (χ0) is 65.6. The highest BCUT2D eigenvalue weighted by Crippen LogP contribution is 2.38. The van der Waals surface area contributed by atoms with Crippen molar-refractivity contribution in [2.75, 3.05) is 40.9 Å². The van der Waals surface area contributed by atoms with E-state index in [0.29, 0.717) is 23.9 Å². The minimum absolute atomic E-state index is 0.0357. The Kier molecular flexibility index (Phi) is 64.2. The van der Waals surface area contributed by atoms with Crippen molar-refractivity contribution in [2.45, 2.75) is 296 Å². The van der Waals surface area contributed by atoms with Gasteiger partial charge in [-0.2, -0.15) is 0 Å². The molecule has 9 nitrogen and oxygen atoms in total. The lowest BCUT2D eigenvalue weighted by atomic mass is 10.0. The molecule has 0 aliphatic heterocycles. The number of carbonyl (C=O) groups excluding carboxylic acids is 2. The van der Waals surface area contributed by atoms with Gasteiger partial charge in [-0.1, -0.05) is 295 Å². The summed E-state index contributed by atoms with van der Waals surface area (Å²) in [6, 6.07) is -0.914. The molecule has 0 spiro atoms. The molecule has 3 unspecified atom stereocenters. The molecule has 1 amide bonds. The van der Waals surface area contributed by atoms with Crippen molar-refractivity contribution in [3.8, 4) is 0 Å². The summed E-state index contributed by atoms with van der Waals surface area (Å²) in [5, 5.41) is 3.03. The third kappa shape index (κ3) is 68.0. The third-order valence-electron chi connectivity index (χ3n) is 15.2. The van der Waals surface area contributed by atoms with Crippen LogP contribution in [0.1, 0.15) is 284 Å². The summed E-state index contributed by atoms with van der Waals surface area (Å²) in [6.07, 6.45) is 99.3.